The van der Waals surface area contributed by atoms with Crippen LogP contribution in [0.5, 0.6) is 0 Å². The number of nitrogens with zero attached hydrogens (tertiary/aromatic N) is 1. The molecule has 0 N–H and O–H groups in total. The van der Waals surface area contributed by atoms with E-state index in [0.29, 0.717) is 32.5 Å². The van der Waals surface area contributed by atoms with E-state index in [1.54, 1.807) is 0 Å². The summed E-state index contributed by atoms with van der Waals surface area (Å²) in [5, 5.41) is 0. The number of carbonyl (C=O) groups is 4. The van der Waals surface area contributed by atoms with E-state index in [1.165, 1.54) is 4.90 Å². The van der Waals surface area contributed by atoms with Crippen molar-refractivity contribution >= 4 is 23.4 Å². The molecule has 0 spiro atoms. The largest absolute Gasteiger partial charge is 0.381 e. The van der Waals surface area contributed by atoms with Gasteiger partial charge in [-0.25, -0.2) is 0 Å². The predicted octanol–water partition coefficient (Wildman–Crippen LogP) is 2.78. The van der Waals surface area contributed by atoms with E-state index in [0.717, 1.165) is 0 Å². The first-order chi connectivity index (χ1) is 12.0. The van der Waals surface area contributed by atoms with Gasteiger partial charge in [-0.15, -0.1) is 0 Å². The minimum Gasteiger partial charge on any atom is -0.381 e. The van der Waals surface area contributed by atoms with Gasteiger partial charge in [-0.1, -0.05) is 34.6 Å². The Bertz CT molecular complexity index is 533. The molecule has 0 aliphatic carbocycles. The quantitative estimate of drug-likeness (QED) is 0.414. The van der Waals surface area contributed by atoms with E-state index >= 15 is 0 Å². The number of amides is 2. The molecule has 0 aromatic heterocycles. The third-order valence-electron chi connectivity index (χ3n) is 4.78. The molecule has 1 unspecified atom stereocenters. The fraction of sp³-hybridized carbons (Fsp3) is 0.800. The zero-order valence-electron chi connectivity index (χ0n) is 16.8. The Balaban J connectivity index is 2.22. The van der Waals surface area contributed by atoms with Crippen molar-refractivity contribution in [2.75, 3.05) is 19.8 Å². The van der Waals surface area contributed by atoms with Gasteiger partial charge in [-0.2, -0.15) is 0 Å². The summed E-state index contributed by atoms with van der Waals surface area (Å²) in [7, 11) is 0. The van der Waals surface area contributed by atoms with Crippen molar-refractivity contribution in [1.29, 1.82) is 0 Å². The molecule has 0 saturated carbocycles. The summed E-state index contributed by atoms with van der Waals surface area (Å²) >= 11 is 0. The first kappa shape index (κ1) is 22.5. The molecule has 1 aliphatic rings. The van der Waals surface area contributed by atoms with Gasteiger partial charge < -0.3 is 4.74 Å². The second-order valence-electron chi connectivity index (χ2n) is 8.38. The SMILES string of the molecule is CC(C)C(=O)CCOCCCC(=O)CCN1C(=O)CC(C(C)(C)C)C1=O. The van der Waals surface area contributed by atoms with Gasteiger partial charge in [0.25, 0.3) is 0 Å². The first-order valence-electron chi connectivity index (χ1n) is 9.50. The smallest absolute Gasteiger partial charge is 0.233 e. The molecule has 26 heavy (non-hydrogen) atoms. The molecule has 6 heteroatoms. The van der Waals surface area contributed by atoms with E-state index in [1.807, 2.05) is 34.6 Å². The standard InChI is InChI=1S/C20H33NO5/c1-14(2)17(23)9-12-26-11-6-7-15(22)8-10-21-18(24)13-16(19(21)25)20(3,4)5/h14,16H,6-13H2,1-5H3. The van der Waals surface area contributed by atoms with E-state index < -0.39 is 0 Å². The summed E-state index contributed by atoms with van der Waals surface area (Å²) in [4.78, 5) is 49.0. The van der Waals surface area contributed by atoms with E-state index in [4.69, 9.17) is 4.74 Å². The van der Waals surface area contributed by atoms with Crippen LogP contribution in [0.15, 0.2) is 0 Å². The number of likely N-dealkylation sites (tertiary alicyclic amines) is 1. The summed E-state index contributed by atoms with van der Waals surface area (Å²) in [5.41, 5.74) is -0.250. The van der Waals surface area contributed by atoms with Crippen LogP contribution in [-0.2, 0) is 23.9 Å². The highest BCUT2D eigenvalue weighted by atomic mass is 16.5. The number of rotatable bonds is 11. The lowest BCUT2D eigenvalue weighted by Gasteiger charge is -2.24. The van der Waals surface area contributed by atoms with E-state index in [2.05, 4.69) is 0 Å². The second kappa shape index (κ2) is 9.95. The summed E-state index contributed by atoms with van der Waals surface area (Å²) in [5.74, 6) is -0.420. The lowest BCUT2D eigenvalue weighted by molar-refractivity contribution is -0.140. The van der Waals surface area contributed by atoms with Crippen molar-refractivity contribution in [1.82, 2.24) is 4.90 Å². The Morgan fingerprint density at radius 2 is 1.77 bits per heavy atom. The Labute approximate surface area is 156 Å². The van der Waals surface area contributed by atoms with Crippen LogP contribution in [0, 0.1) is 17.3 Å². The maximum Gasteiger partial charge on any atom is 0.233 e. The molecule has 1 atom stereocenters. The molecular weight excluding hydrogens is 334 g/mol. The van der Waals surface area contributed by atoms with Crippen LogP contribution in [0.1, 0.15) is 66.7 Å². The number of carbonyl (C=O) groups excluding carboxylic acids is 4. The zero-order valence-corrected chi connectivity index (χ0v) is 16.8. The first-order valence-corrected chi connectivity index (χ1v) is 9.50. The minimum atomic E-state index is -0.299. The number of ether oxygens (including phenoxy) is 1. The molecule has 1 fully saturated rings. The van der Waals surface area contributed by atoms with Gasteiger partial charge >= 0.3 is 0 Å². The topological polar surface area (TPSA) is 80.8 Å². The van der Waals surface area contributed by atoms with Crippen molar-refractivity contribution in [3.8, 4) is 0 Å². The summed E-state index contributed by atoms with van der Waals surface area (Å²) in [6, 6.07) is 0. The van der Waals surface area contributed by atoms with Crippen molar-refractivity contribution in [2.45, 2.75) is 66.7 Å². The molecule has 1 aliphatic heterocycles. The van der Waals surface area contributed by atoms with Crippen molar-refractivity contribution < 1.29 is 23.9 Å². The number of hydrogen-bond donors (Lipinski definition) is 0. The lowest BCUT2D eigenvalue weighted by Crippen LogP contribution is -2.35. The van der Waals surface area contributed by atoms with Gasteiger partial charge in [-0.3, -0.25) is 24.1 Å². The Kier molecular flexibility index (Phi) is 8.60. The van der Waals surface area contributed by atoms with Crippen LogP contribution in [0.4, 0.5) is 0 Å². The van der Waals surface area contributed by atoms with E-state index in [-0.39, 0.29) is 60.0 Å². The molecule has 0 bridgehead atoms. The molecule has 1 heterocycles. The molecule has 148 valence electrons. The van der Waals surface area contributed by atoms with Gasteiger partial charge in [0.15, 0.2) is 0 Å². The normalized spacial score (nSPS) is 18.1. The van der Waals surface area contributed by atoms with Crippen molar-refractivity contribution in [3.63, 3.8) is 0 Å². The van der Waals surface area contributed by atoms with Gasteiger partial charge in [0.1, 0.15) is 11.6 Å². The number of Topliss-reactive ketones (excluding diaryl/α,β-unsaturated/α-hetero) is 2. The Hall–Kier alpha value is -1.56. The molecule has 2 amide bonds. The molecule has 0 radical (unpaired) electrons. The highest BCUT2D eigenvalue weighted by Gasteiger charge is 2.44. The Morgan fingerprint density at radius 3 is 2.31 bits per heavy atom. The number of ketones is 2. The fourth-order valence-corrected chi connectivity index (χ4v) is 2.89. The van der Waals surface area contributed by atoms with Crippen LogP contribution >= 0.6 is 0 Å². The summed E-state index contributed by atoms with van der Waals surface area (Å²) in [6.45, 7) is 10.6. The number of imide groups is 1. The molecule has 0 aromatic carbocycles. The third-order valence-corrected chi connectivity index (χ3v) is 4.78. The average molecular weight is 367 g/mol. The van der Waals surface area contributed by atoms with Crippen LogP contribution in [-0.4, -0.2) is 48.0 Å². The van der Waals surface area contributed by atoms with Crippen molar-refractivity contribution in [2.24, 2.45) is 17.3 Å². The van der Waals surface area contributed by atoms with Gasteiger partial charge in [-0.05, 0) is 11.8 Å². The Morgan fingerprint density at radius 1 is 1.12 bits per heavy atom. The van der Waals surface area contributed by atoms with Gasteiger partial charge in [0.05, 0.1) is 12.5 Å². The third kappa shape index (κ3) is 6.98. The predicted molar refractivity (Wildman–Crippen MR) is 98.4 cm³/mol. The van der Waals surface area contributed by atoms with Crippen LogP contribution in [0.25, 0.3) is 0 Å². The van der Waals surface area contributed by atoms with Gasteiger partial charge in [0.2, 0.25) is 11.8 Å². The molecular formula is C20H33NO5. The highest BCUT2D eigenvalue weighted by Crippen LogP contribution is 2.35. The van der Waals surface area contributed by atoms with Gasteiger partial charge in [0, 0.05) is 44.8 Å². The lowest BCUT2D eigenvalue weighted by atomic mass is 9.80. The maximum atomic E-state index is 12.4. The minimum absolute atomic E-state index is 0.0201. The van der Waals surface area contributed by atoms with Crippen LogP contribution in [0.3, 0.4) is 0 Å². The van der Waals surface area contributed by atoms with Crippen LogP contribution in [0.2, 0.25) is 0 Å². The van der Waals surface area contributed by atoms with E-state index in [9.17, 15) is 19.2 Å². The monoisotopic (exact) mass is 367 g/mol. The fourth-order valence-electron chi connectivity index (χ4n) is 2.89. The number of hydrogen-bond acceptors (Lipinski definition) is 5. The maximum absolute atomic E-state index is 12.4. The zero-order chi connectivity index (χ0) is 19.9. The molecule has 1 saturated heterocycles. The second-order valence-corrected chi connectivity index (χ2v) is 8.38. The highest BCUT2D eigenvalue weighted by molar-refractivity contribution is 6.04. The molecule has 1 rings (SSSR count). The average Bonchev–Trinajstić information content (AvgIpc) is 2.83. The molecule has 0 aromatic rings. The molecule has 6 nitrogen and oxygen atoms in total. The summed E-state index contributed by atoms with van der Waals surface area (Å²) < 4.78 is 5.38. The summed E-state index contributed by atoms with van der Waals surface area (Å²) in [6.07, 6.45) is 1.78. The van der Waals surface area contributed by atoms with Crippen molar-refractivity contribution in [3.05, 3.63) is 0 Å². The van der Waals surface area contributed by atoms with Crippen LogP contribution < -0.4 is 0 Å².